The Kier molecular flexibility index (Phi) is 2.71. The maximum absolute atomic E-state index is 8.47. The summed E-state index contributed by atoms with van der Waals surface area (Å²) in [5, 5.41) is 8.47. The van der Waals surface area contributed by atoms with E-state index in [1.165, 1.54) is 6.26 Å². The summed E-state index contributed by atoms with van der Waals surface area (Å²) in [4.78, 5) is 0. The highest BCUT2D eigenvalue weighted by Gasteiger charge is 2.14. The third kappa shape index (κ3) is 1.64. The molecule has 0 aromatic carbocycles. The zero-order valence-corrected chi connectivity index (χ0v) is 8.52. The molecule has 58 valence electrons. The molecule has 2 N–H and O–H groups in total. The van der Waals surface area contributed by atoms with Crippen LogP contribution < -0.4 is 5.73 Å². The molecule has 0 aliphatic rings. The second kappa shape index (κ2) is 3.39. The quantitative estimate of drug-likeness (QED) is 0.858. The van der Waals surface area contributed by atoms with E-state index in [0.29, 0.717) is 14.7 Å². The zero-order chi connectivity index (χ0) is 8.43. The second-order valence-electron chi connectivity index (χ2n) is 1.89. The zero-order valence-electron chi connectivity index (χ0n) is 5.34. The van der Waals surface area contributed by atoms with Crippen molar-refractivity contribution < 1.29 is 4.42 Å². The number of hydrogen-bond acceptors (Lipinski definition) is 3. The van der Waals surface area contributed by atoms with E-state index in [2.05, 4.69) is 31.9 Å². The number of halogens is 2. The molecule has 0 amide bonds. The molecular weight excluding hydrogens is 276 g/mol. The van der Waals surface area contributed by atoms with Gasteiger partial charge in [-0.1, -0.05) is 0 Å². The van der Waals surface area contributed by atoms with Crippen molar-refractivity contribution in [2.45, 2.75) is 6.04 Å². The summed E-state index contributed by atoms with van der Waals surface area (Å²) < 4.78 is 6.21. The fourth-order valence-corrected chi connectivity index (χ4v) is 1.37. The molecule has 1 aromatic heterocycles. The molecule has 1 unspecified atom stereocenters. The topological polar surface area (TPSA) is 63.0 Å². The largest absolute Gasteiger partial charge is 0.456 e. The third-order valence-electron chi connectivity index (χ3n) is 1.19. The highest BCUT2D eigenvalue weighted by atomic mass is 79.9. The van der Waals surface area contributed by atoms with E-state index < -0.39 is 6.04 Å². The van der Waals surface area contributed by atoms with Crippen molar-refractivity contribution in [2.24, 2.45) is 5.73 Å². The first-order valence-corrected chi connectivity index (χ1v) is 4.33. The molecule has 1 aromatic rings. The predicted octanol–water partition coefficient (Wildman–Crippen LogP) is 2.33. The Bertz CT molecular complexity index is 302. The van der Waals surface area contributed by atoms with E-state index in [9.17, 15) is 0 Å². The number of rotatable bonds is 1. The maximum Gasteiger partial charge on any atom is 0.183 e. The second-order valence-corrected chi connectivity index (χ2v) is 3.40. The molecule has 1 rings (SSSR count). The van der Waals surface area contributed by atoms with Gasteiger partial charge in [-0.15, -0.1) is 0 Å². The van der Waals surface area contributed by atoms with Crippen molar-refractivity contribution in [3.05, 3.63) is 21.0 Å². The fraction of sp³-hybridized carbons (Fsp3) is 0.167. The van der Waals surface area contributed by atoms with E-state index in [0.717, 1.165) is 0 Å². The summed E-state index contributed by atoms with van der Waals surface area (Å²) in [6, 6.07) is 1.26. The molecule has 0 fully saturated rings. The summed E-state index contributed by atoms with van der Waals surface area (Å²) in [7, 11) is 0. The Morgan fingerprint density at radius 1 is 1.64 bits per heavy atom. The number of hydrogen-bond donors (Lipinski definition) is 1. The summed E-state index contributed by atoms with van der Waals surface area (Å²) in [6.07, 6.45) is 1.45. The summed E-state index contributed by atoms with van der Waals surface area (Å²) in [5.41, 5.74) is 6.09. The average Bonchev–Trinajstić information content (AvgIpc) is 2.32. The van der Waals surface area contributed by atoms with E-state index in [1.807, 2.05) is 6.07 Å². The average molecular weight is 280 g/mol. The van der Waals surface area contributed by atoms with Crippen LogP contribution in [0.3, 0.4) is 0 Å². The molecule has 0 bridgehead atoms. The fourth-order valence-electron chi connectivity index (χ4n) is 0.612. The lowest BCUT2D eigenvalue weighted by Gasteiger charge is -1.96. The Balaban J connectivity index is 3.07. The number of nitrogens with zero attached hydrogens (tertiary/aromatic N) is 1. The molecule has 1 atom stereocenters. The molecule has 0 aliphatic heterocycles. The monoisotopic (exact) mass is 278 g/mol. The van der Waals surface area contributed by atoms with E-state index in [4.69, 9.17) is 15.4 Å². The van der Waals surface area contributed by atoms with Gasteiger partial charge in [0, 0.05) is 5.56 Å². The summed E-state index contributed by atoms with van der Waals surface area (Å²) in [5.74, 6) is 0. The van der Waals surface area contributed by atoms with Gasteiger partial charge >= 0.3 is 0 Å². The molecule has 11 heavy (non-hydrogen) atoms. The molecule has 0 spiro atoms. The van der Waals surface area contributed by atoms with Gasteiger partial charge in [-0.2, -0.15) is 5.26 Å². The van der Waals surface area contributed by atoms with Crippen molar-refractivity contribution in [2.75, 3.05) is 0 Å². The minimum Gasteiger partial charge on any atom is -0.456 e. The van der Waals surface area contributed by atoms with Crippen molar-refractivity contribution in [3.8, 4) is 6.07 Å². The predicted molar refractivity (Wildman–Crippen MR) is 46.6 cm³/mol. The Hall–Kier alpha value is -0.310. The van der Waals surface area contributed by atoms with Crippen LogP contribution in [0.25, 0.3) is 0 Å². The van der Waals surface area contributed by atoms with Crippen LogP contribution in [-0.4, -0.2) is 0 Å². The van der Waals surface area contributed by atoms with Crippen LogP contribution in [0.5, 0.6) is 0 Å². The smallest absolute Gasteiger partial charge is 0.183 e. The van der Waals surface area contributed by atoms with Gasteiger partial charge in [-0.3, -0.25) is 0 Å². The Morgan fingerprint density at radius 3 is 2.64 bits per heavy atom. The van der Waals surface area contributed by atoms with Crippen LogP contribution in [0, 0.1) is 11.3 Å². The summed E-state index contributed by atoms with van der Waals surface area (Å²) >= 11 is 6.35. The Morgan fingerprint density at radius 2 is 2.27 bits per heavy atom. The van der Waals surface area contributed by atoms with Crippen LogP contribution in [0.4, 0.5) is 0 Å². The highest BCUT2D eigenvalue weighted by molar-refractivity contribution is 9.13. The molecule has 3 nitrogen and oxygen atoms in total. The van der Waals surface area contributed by atoms with Crippen molar-refractivity contribution in [1.29, 1.82) is 5.26 Å². The first-order valence-electron chi connectivity index (χ1n) is 2.74. The SMILES string of the molecule is N#CC(N)c1coc(Br)c1Br. The first kappa shape index (κ1) is 8.78. The lowest BCUT2D eigenvalue weighted by Crippen LogP contribution is -2.06. The lowest BCUT2D eigenvalue weighted by atomic mass is 10.2. The minimum atomic E-state index is -0.639. The molecule has 0 saturated heterocycles. The first-order chi connectivity index (χ1) is 5.16. The molecule has 0 radical (unpaired) electrons. The summed E-state index contributed by atoms with van der Waals surface area (Å²) in [6.45, 7) is 0. The van der Waals surface area contributed by atoms with Gasteiger partial charge in [0.25, 0.3) is 0 Å². The molecular formula is C6H4Br2N2O. The Labute approximate surface area is 80.4 Å². The normalized spacial score (nSPS) is 12.5. The van der Waals surface area contributed by atoms with E-state index in [-0.39, 0.29) is 0 Å². The minimum absolute atomic E-state index is 0.554. The van der Waals surface area contributed by atoms with Gasteiger partial charge in [0.2, 0.25) is 0 Å². The van der Waals surface area contributed by atoms with Crippen LogP contribution in [0.2, 0.25) is 0 Å². The third-order valence-corrected chi connectivity index (χ3v) is 3.12. The number of nitriles is 1. The molecule has 0 saturated carbocycles. The van der Waals surface area contributed by atoms with Gasteiger partial charge in [0.1, 0.15) is 6.04 Å². The van der Waals surface area contributed by atoms with Gasteiger partial charge in [0.05, 0.1) is 16.8 Å². The van der Waals surface area contributed by atoms with E-state index in [1.54, 1.807) is 0 Å². The van der Waals surface area contributed by atoms with Crippen LogP contribution >= 0.6 is 31.9 Å². The van der Waals surface area contributed by atoms with Gasteiger partial charge < -0.3 is 10.2 Å². The van der Waals surface area contributed by atoms with Gasteiger partial charge in [0.15, 0.2) is 4.67 Å². The van der Waals surface area contributed by atoms with Crippen molar-refractivity contribution >= 4 is 31.9 Å². The number of furan rings is 1. The molecule has 1 heterocycles. The highest BCUT2D eigenvalue weighted by Crippen LogP contribution is 2.31. The lowest BCUT2D eigenvalue weighted by molar-refractivity contribution is 0.536. The van der Waals surface area contributed by atoms with Gasteiger partial charge in [-0.25, -0.2) is 0 Å². The van der Waals surface area contributed by atoms with Crippen molar-refractivity contribution in [1.82, 2.24) is 0 Å². The van der Waals surface area contributed by atoms with Crippen LogP contribution in [0.15, 0.2) is 19.8 Å². The standard InChI is InChI=1S/C6H4Br2N2O/c7-5-3(4(10)1-9)2-11-6(5)8/h2,4H,10H2. The van der Waals surface area contributed by atoms with E-state index >= 15 is 0 Å². The van der Waals surface area contributed by atoms with Crippen LogP contribution in [-0.2, 0) is 0 Å². The van der Waals surface area contributed by atoms with Gasteiger partial charge in [-0.05, 0) is 31.9 Å². The molecule has 0 aliphatic carbocycles. The van der Waals surface area contributed by atoms with Crippen LogP contribution in [0.1, 0.15) is 11.6 Å². The van der Waals surface area contributed by atoms with Crippen molar-refractivity contribution in [3.63, 3.8) is 0 Å². The molecule has 5 heteroatoms. The maximum atomic E-state index is 8.47. The number of nitrogens with two attached hydrogens (primary N) is 1.